The quantitative estimate of drug-likeness (QED) is 0.796. The van der Waals surface area contributed by atoms with Crippen LogP contribution in [0.15, 0.2) is 18.2 Å². The Morgan fingerprint density at radius 2 is 1.92 bits per heavy atom. The number of hydrogen-bond donors (Lipinski definition) is 1. The fourth-order valence-corrected chi connectivity index (χ4v) is 4.99. The molecule has 1 aliphatic carbocycles. The SMILES string of the molecule is CC1(C)CC2CC(C)(CN2C(=O)C(=O)Nc2ccc3c(c2)OCO3)C1. The van der Waals surface area contributed by atoms with Crippen molar-refractivity contribution >= 4 is 17.5 Å². The lowest BCUT2D eigenvalue weighted by Crippen LogP contribution is -2.43. The number of hydrogen-bond acceptors (Lipinski definition) is 4. The zero-order valence-corrected chi connectivity index (χ0v) is 14.9. The number of nitrogens with one attached hydrogen (secondary N) is 1. The first kappa shape index (κ1) is 16.2. The molecule has 1 saturated heterocycles. The van der Waals surface area contributed by atoms with Crippen LogP contribution in [0, 0.1) is 10.8 Å². The summed E-state index contributed by atoms with van der Waals surface area (Å²) in [6.07, 6.45) is 3.02. The van der Waals surface area contributed by atoms with Gasteiger partial charge < -0.3 is 19.7 Å². The van der Waals surface area contributed by atoms with Gasteiger partial charge in [-0.05, 0) is 42.2 Å². The molecule has 0 radical (unpaired) electrons. The van der Waals surface area contributed by atoms with Gasteiger partial charge in [0.1, 0.15) is 0 Å². The van der Waals surface area contributed by atoms with Crippen molar-refractivity contribution in [3.63, 3.8) is 0 Å². The molecule has 1 saturated carbocycles. The highest BCUT2D eigenvalue weighted by atomic mass is 16.7. The van der Waals surface area contributed by atoms with E-state index in [4.69, 9.17) is 9.47 Å². The summed E-state index contributed by atoms with van der Waals surface area (Å²) >= 11 is 0. The van der Waals surface area contributed by atoms with Gasteiger partial charge in [-0.1, -0.05) is 20.8 Å². The number of fused-ring (bicyclic) bond motifs is 3. The second-order valence-corrected chi connectivity index (χ2v) is 8.67. The fourth-order valence-electron chi connectivity index (χ4n) is 4.99. The number of carbonyl (C=O) groups is 2. The molecule has 2 aliphatic heterocycles. The third kappa shape index (κ3) is 2.94. The summed E-state index contributed by atoms with van der Waals surface area (Å²) in [6, 6.07) is 5.28. The summed E-state index contributed by atoms with van der Waals surface area (Å²) < 4.78 is 10.6. The maximum Gasteiger partial charge on any atom is 0.313 e. The second kappa shape index (κ2) is 5.38. The van der Waals surface area contributed by atoms with Gasteiger partial charge in [0.05, 0.1) is 0 Å². The number of likely N-dealkylation sites (tertiary alicyclic amines) is 1. The Morgan fingerprint density at radius 3 is 2.72 bits per heavy atom. The van der Waals surface area contributed by atoms with Crippen LogP contribution in [0.25, 0.3) is 0 Å². The van der Waals surface area contributed by atoms with Crippen LogP contribution in [0.5, 0.6) is 11.5 Å². The zero-order chi connectivity index (χ0) is 17.8. The lowest BCUT2D eigenvalue weighted by atomic mass is 9.65. The molecule has 0 aromatic heterocycles. The molecule has 1 aromatic rings. The van der Waals surface area contributed by atoms with Crippen LogP contribution in [0.1, 0.15) is 40.0 Å². The normalized spacial score (nSPS) is 28.8. The van der Waals surface area contributed by atoms with Crippen molar-refractivity contribution in [1.82, 2.24) is 4.90 Å². The van der Waals surface area contributed by atoms with Crippen molar-refractivity contribution in [2.45, 2.75) is 46.1 Å². The minimum Gasteiger partial charge on any atom is -0.454 e. The number of benzene rings is 1. The molecule has 2 amide bonds. The van der Waals surface area contributed by atoms with Crippen LogP contribution in [0.4, 0.5) is 5.69 Å². The van der Waals surface area contributed by atoms with Gasteiger partial charge in [0.15, 0.2) is 11.5 Å². The van der Waals surface area contributed by atoms with Crippen molar-refractivity contribution < 1.29 is 19.1 Å². The first-order chi connectivity index (χ1) is 11.7. The molecule has 1 N–H and O–H groups in total. The van der Waals surface area contributed by atoms with Gasteiger partial charge in [-0.25, -0.2) is 0 Å². The first-order valence-corrected chi connectivity index (χ1v) is 8.76. The van der Waals surface area contributed by atoms with Crippen LogP contribution in [-0.4, -0.2) is 36.1 Å². The Bertz CT molecular complexity index is 745. The minimum absolute atomic E-state index is 0.112. The minimum atomic E-state index is -0.590. The molecule has 2 fully saturated rings. The van der Waals surface area contributed by atoms with Gasteiger partial charge in [-0.3, -0.25) is 9.59 Å². The number of amides is 2. The summed E-state index contributed by atoms with van der Waals surface area (Å²) in [5.41, 5.74) is 0.859. The number of anilines is 1. The first-order valence-electron chi connectivity index (χ1n) is 8.76. The molecule has 3 aliphatic rings. The van der Waals surface area contributed by atoms with Gasteiger partial charge in [0.25, 0.3) is 0 Å². The Morgan fingerprint density at radius 1 is 1.16 bits per heavy atom. The number of ether oxygens (including phenoxy) is 2. The molecule has 2 heterocycles. The number of carbonyl (C=O) groups excluding carboxylic acids is 2. The van der Waals surface area contributed by atoms with E-state index in [0.717, 1.165) is 19.3 Å². The standard InChI is InChI=1S/C19H24N2O4/c1-18(2)7-13-8-19(3,9-18)10-21(13)17(23)16(22)20-12-4-5-14-15(6-12)25-11-24-14/h4-6,13H,7-11H2,1-3H3,(H,20,22). The van der Waals surface area contributed by atoms with Crippen molar-refractivity contribution in [3.8, 4) is 11.5 Å². The summed E-state index contributed by atoms with van der Waals surface area (Å²) in [5.74, 6) is 0.196. The highest BCUT2D eigenvalue weighted by Crippen LogP contribution is 2.52. The predicted molar refractivity (Wildman–Crippen MR) is 92.4 cm³/mol. The van der Waals surface area contributed by atoms with Crippen LogP contribution in [0.3, 0.4) is 0 Å². The fraction of sp³-hybridized carbons (Fsp3) is 0.579. The van der Waals surface area contributed by atoms with Crippen LogP contribution >= 0.6 is 0 Å². The highest BCUT2D eigenvalue weighted by Gasteiger charge is 2.51. The van der Waals surface area contributed by atoms with E-state index in [9.17, 15) is 9.59 Å². The Kier molecular flexibility index (Phi) is 3.49. The van der Waals surface area contributed by atoms with Crippen molar-refractivity contribution in [2.75, 3.05) is 18.7 Å². The lowest BCUT2D eigenvalue weighted by molar-refractivity contribution is -0.144. The molecule has 134 valence electrons. The van der Waals surface area contributed by atoms with Crippen molar-refractivity contribution in [3.05, 3.63) is 18.2 Å². The molecule has 4 rings (SSSR count). The molecule has 2 atom stereocenters. The molecule has 1 aromatic carbocycles. The van der Waals surface area contributed by atoms with Gasteiger partial charge in [-0.15, -0.1) is 0 Å². The van der Waals surface area contributed by atoms with E-state index in [0.29, 0.717) is 23.7 Å². The Balaban J connectivity index is 1.47. The Hall–Kier alpha value is -2.24. The molecule has 2 unspecified atom stereocenters. The summed E-state index contributed by atoms with van der Waals surface area (Å²) in [7, 11) is 0. The number of rotatable bonds is 1. The highest BCUT2D eigenvalue weighted by molar-refractivity contribution is 6.39. The number of nitrogens with zero attached hydrogens (tertiary/aromatic N) is 1. The molecule has 6 heteroatoms. The largest absolute Gasteiger partial charge is 0.454 e. The molecular formula is C19H24N2O4. The van der Waals surface area contributed by atoms with E-state index >= 15 is 0 Å². The molecule has 6 nitrogen and oxygen atoms in total. The van der Waals surface area contributed by atoms with Gasteiger partial charge in [0, 0.05) is 24.3 Å². The van der Waals surface area contributed by atoms with E-state index in [1.807, 2.05) is 0 Å². The third-order valence-electron chi connectivity index (χ3n) is 5.50. The topological polar surface area (TPSA) is 67.9 Å². The van der Waals surface area contributed by atoms with E-state index in [-0.39, 0.29) is 23.7 Å². The van der Waals surface area contributed by atoms with E-state index in [1.165, 1.54) is 0 Å². The smallest absolute Gasteiger partial charge is 0.313 e. The van der Waals surface area contributed by atoms with Crippen LogP contribution in [-0.2, 0) is 9.59 Å². The average Bonchev–Trinajstić information content (AvgIpc) is 3.06. The second-order valence-electron chi connectivity index (χ2n) is 8.67. The predicted octanol–water partition coefficient (Wildman–Crippen LogP) is 2.78. The molecule has 25 heavy (non-hydrogen) atoms. The van der Waals surface area contributed by atoms with Crippen molar-refractivity contribution in [2.24, 2.45) is 10.8 Å². The van der Waals surface area contributed by atoms with E-state index in [1.54, 1.807) is 23.1 Å². The maximum absolute atomic E-state index is 12.7. The Labute approximate surface area is 147 Å². The average molecular weight is 344 g/mol. The van der Waals surface area contributed by atoms with Crippen LogP contribution in [0.2, 0.25) is 0 Å². The van der Waals surface area contributed by atoms with E-state index < -0.39 is 11.8 Å². The third-order valence-corrected chi connectivity index (χ3v) is 5.50. The monoisotopic (exact) mass is 344 g/mol. The van der Waals surface area contributed by atoms with Gasteiger partial charge in [0.2, 0.25) is 6.79 Å². The molecule has 0 spiro atoms. The lowest BCUT2D eigenvalue weighted by Gasteiger charge is -2.39. The van der Waals surface area contributed by atoms with Gasteiger partial charge in [-0.2, -0.15) is 0 Å². The van der Waals surface area contributed by atoms with Crippen molar-refractivity contribution in [1.29, 1.82) is 0 Å². The summed E-state index contributed by atoms with van der Waals surface area (Å²) in [5, 5.41) is 2.70. The summed E-state index contributed by atoms with van der Waals surface area (Å²) in [4.78, 5) is 27.0. The molecular weight excluding hydrogens is 320 g/mol. The van der Waals surface area contributed by atoms with Crippen LogP contribution < -0.4 is 14.8 Å². The van der Waals surface area contributed by atoms with Gasteiger partial charge >= 0.3 is 11.8 Å². The maximum atomic E-state index is 12.7. The molecule has 2 bridgehead atoms. The zero-order valence-electron chi connectivity index (χ0n) is 14.9. The van der Waals surface area contributed by atoms with E-state index in [2.05, 4.69) is 26.1 Å². The summed E-state index contributed by atoms with van der Waals surface area (Å²) in [6.45, 7) is 7.56.